The van der Waals surface area contributed by atoms with Gasteiger partial charge >= 0.3 is 0 Å². The molecular formula is C28H40N8O4. The van der Waals surface area contributed by atoms with E-state index < -0.39 is 0 Å². The van der Waals surface area contributed by atoms with E-state index in [2.05, 4.69) is 44.0 Å². The molecule has 2 aromatic carbocycles. The third kappa shape index (κ3) is 7.48. The van der Waals surface area contributed by atoms with Crippen LogP contribution in [0.1, 0.15) is 39.5 Å². The molecule has 0 bridgehead atoms. The molecule has 2 heterocycles. The van der Waals surface area contributed by atoms with Crippen LogP contribution in [0.3, 0.4) is 0 Å². The van der Waals surface area contributed by atoms with E-state index in [-0.39, 0.29) is 22.2 Å². The summed E-state index contributed by atoms with van der Waals surface area (Å²) in [6, 6.07) is 10.7. The van der Waals surface area contributed by atoms with Gasteiger partial charge in [0, 0.05) is 37.6 Å². The van der Waals surface area contributed by atoms with Gasteiger partial charge in [0.1, 0.15) is 0 Å². The van der Waals surface area contributed by atoms with Crippen molar-refractivity contribution in [2.45, 2.75) is 39.5 Å². The zero-order chi connectivity index (χ0) is 29.1. The van der Waals surface area contributed by atoms with Crippen LogP contribution in [0.15, 0.2) is 55.6 Å². The summed E-state index contributed by atoms with van der Waals surface area (Å²) >= 11 is 0. The molecule has 0 atom stereocenters. The maximum atomic E-state index is 11.8. The highest BCUT2D eigenvalue weighted by Crippen LogP contribution is 2.19. The lowest BCUT2D eigenvalue weighted by atomic mass is 10.1. The third-order valence-corrected chi connectivity index (χ3v) is 6.82. The number of H-pyrrole nitrogens is 4. The number of benzene rings is 2. The fourth-order valence-electron chi connectivity index (χ4n) is 4.56. The van der Waals surface area contributed by atoms with Gasteiger partial charge in [-0.05, 0) is 89.0 Å². The maximum Gasteiger partial charge on any atom is 0.270 e. The second-order valence-electron chi connectivity index (χ2n) is 9.43. The molecule has 216 valence electrons. The Morgan fingerprint density at radius 3 is 1.23 bits per heavy atom. The summed E-state index contributed by atoms with van der Waals surface area (Å²) in [5.41, 5.74) is 11.8. The monoisotopic (exact) mass is 552 g/mol. The molecule has 0 spiro atoms. The van der Waals surface area contributed by atoms with Gasteiger partial charge in [0.15, 0.2) is 0 Å². The van der Waals surface area contributed by atoms with E-state index >= 15 is 0 Å². The zero-order valence-electron chi connectivity index (χ0n) is 23.2. The summed E-state index contributed by atoms with van der Waals surface area (Å²) in [5.74, 6) is 0. The van der Waals surface area contributed by atoms with Crippen LogP contribution in [0.5, 0.6) is 0 Å². The second kappa shape index (κ2) is 14.8. The van der Waals surface area contributed by atoms with E-state index in [1.807, 2.05) is 12.1 Å². The standard InChI is InChI=1S/2C14H20N4O2/c2*1-2-18(8-4-3-7-15)10-5-6-11-12(9-10)14(20)17-16-13(11)19/h2*5-6,9H,2-4,7-8,15H2,1H3,(H,16,19)(H,17,20). The molecule has 0 fully saturated rings. The number of anilines is 2. The van der Waals surface area contributed by atoms with Crippen LogP contribution in [-0.2, 0) is 0 Å². The average Bonchev–Trinajstić information content (AvgIpc) is 2.97. The van der Waals surface area contributed by atoms with E-state index in [0.717, 1.165) is 63.2 Å². The topological polar surface area (TPSA) is 190 Å². The van der Waals surface area contributed by atoms with Gasteiger partial charge in [0.2, 0.25) is 0 Å². The molecule has 0 radical (unpaired) electrons. The van der Waals surface area contributed by atoms with Gasteiger partial charge < -0.3 is 21.3 Å². The Bertz CT molecular complexity index is 1500. The van der Waals surface area contributed by atoms with Crippen molar-refractivity contribution in [3.05, 3.63) is 77.8 Å². The highest BCUT2D eigenvalue weighted by molar-refractivity contribution is 5.85. The Hall–Kier alpha value is -4.16. The van der Waals surface area contributed by atoms with Gasteiger partial charge in [-0.3, -0.25) is 39.6 Å². The molecule has 0 saturated carbocycles. The highest BCUT2D eigenvalue weighted by atomic mass is 16.2. The van der Waals surface area contributed by atoms with Crippen molar-refractivity contribution in [2.75, 3.05) is 49.1 Å². The molecule has 0 saturated heterocycles. The first kappa shape index (κ1) is 30.4. The first-order valence-corrected chi connectivity index (χ1v) is 13.7. The van der Waals surface area contributed by atoms with Crippen LogP contribution in [0, 0.1) is 0 Å². The fraction of sp³-hybridized carbons (Fsp3) is 0.429. The molecule has 4 rings (SSSR count). The lowest BCUT2D eigenvalue weighted by Crippen LogP contribution is -2.25. The molecule has 12 heteroatoms. The smallest absolute Gasteiger partial charge is 0.270 e. The number of nitrogens with zero attached hydrogens (tertiary/aromatic N) is 2. The summed E-state index contributed by atoms with van der Waals surface area (Å²) in [6.07, 6.45) is 3.97. The zero-order valence-corrected chi connectivity index (χ0v) is 23.2. The minimum absolute atomic E-state index is 0.278. The average molecular weight is 553 g/mol. The molecule has 40 heavy (non-hydrogen) atoms. The number of fused-ring (bicyclic) bond motifs is 2. The molecular weight excluding hydrogens is 512 g/mol. The normalized spacial score (nSPS) is 10.9. The van der Waals surface area contributed by atoms with Crippen molar-refractivity contribution in [1.82, 2.24) is 20.4 Å². The summed E-state index contributed by atoms with van der Waals surface area (Å²) in [7, 11) is 0. The van der Waals surface area contributed by atoms with E-state index in [0.29, 0.717) is 34.6 Å². The molecule has 0 aliphatic carbocycles. The first-order valence-electron chi connectivity index (χ1n) is 13.7. The Balaban J connectivity index is 0.000000220. The van der Waals surface area contributed by atoms with Gasteiger partial charge in [-0.25, -0.2) is 0 Å². The molecule has 0 amide bonds. The summed E-state index contributed by atoms with van der Waals surface area (Å²) in [4.78, 5) is 51.2. The van der Waals surface area contributed by atoms with E-state index in [9.17, 15) is 19.2 Å². The van der Waals surface area contributed by atoms with Crippen molar-refractivity contribution in [2.24, 2.45) is 11.5 Å². The SMILES string of the molecule is CCN(CCCCN)c1ccc2c(=O)[nH][nH]c(=O)c2c1.CCN(CCCCN)c1ccc2c(=O)[nH][nH]c(=O)c2c1. The molecule has 0 aliphatic rings. The van der Waals surface area contributed by atoms with Gasteiger partial charge in [-0.2, -0.15) is 0 Å². The van der Waals surface area contributed by atoms with Crippen LogP contribution in [-0.4, -0.2) is 59.7 Å². The molecule has 0 unspecified atom stereocenters. The Kier molecular flexibility index (Phi) is 11.3. The number of aromatic amines is 4. The number of hydrogen-bond acceptors (Lipinski definition) is 8. The van der Waals surface area contributed by atoms with Crippen molar-refractivity contribution >= 4 is 32.9 Å². The van der Waals surface area contributed by atoms with Crippen molar-refractivity contribution < 1.29 is 0 Å². The van der Waals surface area contributed by atoms with Crippen molar-refractivity contribution in [3.8, 4) is 0 Å². The molecule has 12 nitrogen and oxygen atoms in total. The predicted octanol–water partition coefficient (Wildman–Crippen LogP) is 1.56. The van der Waals surface area contributed by atoms with Gasteiger partial charge in [-0.15, -0.1) is 0 Å². The molecule has 4 aromatic rings. The Morgan fingerprint density at radius 1 is 0.550 bits per heavy atom. The van der Waals surface area contributed by atoms with Crippen LogP contribution in [0.25, 0.3) is 21.5 Å². The van der Waals surface area contributed by atoms with Gasteiger partial charge in [-0.1, -0.05) is 0 Å². The largest absolute Gasteiger partial charge is 0.372 e. The van der Waals surface area contributed by atoms with Crippen LogP contribution >= 0.6 is 0 Å². The Morgan fingerprint density at radius 2 is 0.900 bits per heavy atom. The summed E-state index contributed by atoms with van der Waals surface area (Å²) < 4.78 is 0. The molecule has 8 N–H and O–H groups in total. The first-order chi connectivity index (χ1) is 19.3. The van der Waals surface area contributed by atoms with Crippen LogP contribution in [0.2, 0.25) is 0 Å². The summed E-state index contributed by atoms with van der Waals surface area (Å²) in [6.45, 7) is 8.97. The maximum absolute atomic E-state index is 11.8. The number of rotatable bonds is 12. The lowest BCUT2D eigenvalue weighted by Gasteiger charge is -2.23. The quantitative estimate of drug-likeness (QED) is 0.143. The molecule has 0 aliphatic heterocycles. The number of hydrogen-bond donors (Lipinski definition) is 6. The minimum Gasteiger partial charge on any atom is -0.372 e. The van der Waals surface area contributed by atoms with Gasteiger partial charge in [0.25, 0.3) is 22.2 Å². The van der Waals surface area contributed by atoms with E-state index in [1.54, 1.807) is 24.3 Å². The number of aromatic nitrogens is 4. The van der Waals surface area contributed by atoms with Gasteiger partial charge in [0.05, 0.1) is 21.5 Å². The van der Waals surface area contributed by atoms with Crippen molar-refractivity contribution in [1.29, 1.82) is 0 Å². The van der Waals surface area contributed by atoms with Crippen LogP contribution < -0.4 is 43.5 Å². The Labute approximate surface area is 231 Å². The predicted molar refractivity (Wildman–Crippen MR) is 163 cm³/mol. The van der Waals surface area contributed by atoms with E-state index in [4.69, 9.17) is 11.5 Å². The van der Waals surface area contributed by atoms with Crippen molar-refractivity contribution in [3.63, 3.8) is 0 Å². The number of unbranched alkanes of at least 4 members (excludes halogenated alkanes) is 2. The highest BCUT2D eigenvalue weighted by Gasteiger charge is 2.10. The fourth-order valence-corrected chi connectivity index (χ4v) is 4.56. The van der Waals surface area contributed by atoms with E-state index in [1.165, 1.54) is 0 Å². The van der Waals surface area contributed by atoms with Crippen LogP contribution in [0.4, 0.5) is 11.4 Å². The second-order valence-corrected chi connectivity index (χ2v) is 9.43. The lowest BCUT2D eigenvalue weighted by molar-refractivity contribution is 0.704. The summed E-state index contributed by atoms with van der Waals surface area (Å²) in [5, 5.41) is 11.0. The third-order valence-electron chi connectivity index (χ3n) is 6.82. The minimum atomic E-state index is -0.280. The number of nitrogens with two attached hydrogens (primary N) is 2. The molecule has 2 aromatic heterocycles. The number of nitrogens with one attached hydrogen (secondary N) is 4.